The van der Waals surface area contributed by atoms with E-state index in [4.69, 9.17) is 9.47 Å². The van der Waals surface area contributed by atoms with Gasteiger partial charge in [0.05, 0.1) is 13.2 Å². The molecule has 1 rings (SSSR count). The number of hydrogen-bond donors (Lipinski definition) is 1. The molecule has 0 radical (unpaired) electrons. The Hall–Kier alpha value is -0.490. The molecule has 0 aromatic heterocycles. The summed E-state index contributed by atoms with van der Waals surface area (Å²) in [6, 6.07) is 4.99. The van der Waals surface area contributed by atoms with Gasteiger partial charge in [-0.25, -0.2) is 4.39 Å². The van der Waals surface area contributed by atoms with Gasteiger partial charge in [0.25, 0.3) is 0 Å². The molecule has 0 aliphatic rings. The lowest BCUT2D eigenvalue weighted by Crippen LogP contribution is -2.20. The second-order valence-corrected chi connectivity index (χ2v) is 5.51. The van der Waals surface area contributed by atoms with Crippen LogP contribution in [0.2, 0.25) is 0 Å². The average Bonchev–Trinajstić information content (AvgIpc) is 2.41. The fourth-order valence-corrected chi connectivity index (χ4v) is 2.55. The van der Waals surface area contributed by atoms with E-state index in [0.717, 1.165) is 36.0 Å². The lowest BCUT2D eigenvalue weighted by molar-refractivity contribution is 0.0687. The van der Waals surface area contributed by atoms with E-state index in [0.29, 0.717) is 13.2 Å². The summed E-state index contributed by atoms with van der Waals surface area (Å²) in [4.78, 5) is 0. The van der Waals surface area contributed by atoms with Gasteiger partial charge in [-0.15, -0.1) is 0 Å². The van der Waals surface area contributed by atoms with Crippen LogP contribution in [-0.4, -0.2) is 33.5 Å². The molecule has 0 spiro atoms. The highest BCUT2D eigenvalue weighted by molar-refractivity contribution is 9.10. The highest BCUT2D eigenvalue weighted by Gasteiger charge is 2.09. The first-order valence-corrected chi connectivity index (χ1v) is 7.69. The topological polar surface area (TPSA) is 30.5 Å². The number of ether oxygens (including phenoxy) is 2. The Labute approximate surface area is 129 Å². The Kier molecular flexibility index (Phi) is 9.02. The zero-order valence-electron chi connectivity index (χ0n) is 12.1. The van der Waals surface area contributed by atoms with Gasteiger partial charge in [-0.3, -0.25) is 0 Å². The van der Waals surface area contributed by atoms with E-state index < -0.39 is 0 Å². The summed E-state index contributed by atoms with van der Waals surface area (Å²) in [6.45, 7) is 5.06. The second kappa shape index (κ2) is 10.3. The summed E-state index contributed by atoms with van der Waals surface area (Å²) in [7, 11) is 1.67. The normalized spacial score (nSPS) is 12.6. The van der Waals surface area contributed by atoms with E-state index in [1.165, 1.54) is 12.1 Å². The number of halogens is 2. The quantitative estimate of drug-likeness (QED) is 0.655. The van der Waals surface area contributed by atoms with Crippen LogP contribution in [0.3, 0.4) is 0 Å². The number of rotatable bonds is 10. The number of hydrogen-bond acceptors (Lipinski definition) is 3. The van der Waals surface area contributed by atoms with Crippen LogP contribution in [0.25, 0.3) is 0 Å². The lowest BCUT2D eigenvalue weighted by atomic mass is 10.1. The number of methoxy groups -OCH3 is 1. The molecule has 0 saturated carbocycles. The van der Waals surface area contributed by atoms with Gasteiger partial charge in [0.15, 0.2) is 0 Å². The fourth-order valence-electron chi connectivity index (χ4n) is 1.85. The second-order valence-electron chi connectivity index (χ2n) is 4.65. The molecular weight excluding hydrogens is 325 g/mol. The van der Waals surface area contributed by atoms with E-state index in [9.17, 15) is 4.39 Å². The first-order chi connectivity index (χ1) is 9.65. The van der Waals surface area contributed by atoms with E-state index in [1.807, 2.05) is 6.07 Å². The first kappa shape index (κ1) is 17.6. The molecule has 5 heteroatoms. The summed E-state index contributed by atoms with van der Waals surface area (Å²) in [5.74, 6) is -0.221. The van der Waals surface area contributed by atoms with Crippen LogP contribution in [-0.2, 0) is 9.47 Å². The zero-order chi connectivity index (χ0) is 14.8. The van der Waals surface area contributed by atoms with E-state index in [2.05, 4.69) is 28.2 Å². The van der Waals surface area contributed by atoms with Crippen molar-refractivity contribution in [2.75, 3.05) is 33.5 Å². The maximum absolute atomic E-state index is 13.0. The minimum absolute atomic E-state index is 0.194. The molecule has 0 aliphatic heterocycles. The largest absolute Gasteiger partial charge is 0.382 e. The minimum Gasteiger partial charge on any atom is -0.382 e. The Bertz CT molecular complexity index is 390. The Morgan fingerprint density at radius 1 is 1.25 bits per heavy atom. The molecule has 1 N–H and O–H groups in total. The average molecular weight is 348 g/mol. The Morgan fingerprint density at radius 2 is 2.05 bits per heavy atom. The molecule has 1 unspecified atom stereocenters. The van der Waals surface area contributed by atoms with Crippen LogP contribution in [0.5, 0.6) is 0 Å². The lowest BCUT2D eigenvalue weighted by Gasteiger charge is -2.16. The Balaban J connectivity index is 2.15. The van der Waals surface area contributed by atoms with E-state index in [1.54, 1.807) is 7.11 Å². The standard InChI is InChI=1S/C15H23BrFNO2/c1-12(14-6-5-13(17)11-15(14)16)18-7-3-4-8-20-10-9-19-2/h5-6,11-12,18H,3-4,7-10H2,1-2H3. The summed E-state index contributed by atoms with van der Waals surface area (Å²) in [5, 5.41) is 3.43. The van der Waals surface area contributed by atoms with Crippen LogP contribution in [0.15, 0.2) is 22.7 Å². The van der Waals surface area contributed by atoms with Gasteiger partial charge in [-0.1, -0.05) is 22.0 Å². The number of benzene rings is 1. The van der Waals surface area contributed by atoms with Gasteiger partial charge in [-0.05, 0) is 44.0 Å². The molecule has 3 nitrogen and oxygen atoms in total. The smallest absolute Gasteiger partial charge is 0.124 e. The van der Waals surface area contributed by atoms with Gasteiger partial charge in [0.1, 0.15) is 5.82 Å². The van der Waals surface area contributed by atoms with Crippen LogP contribution >= 0.6 is 15.9 Å². The van der Waals surface area contributed by atoms with Crippen LogP contribution in [0, 0.1) is 5.82 Å². The highest BCUT2D eigenvalue weighted by atomic mass is 79.9. The molecular formula is C15H23BrFNO2. The zero-order valence-corrected chi connectivity index (χ0v) is 13.7. The van der Waals surface area contributed by atoms with Gasteiger partial charge in [-0.2, -0.15) is 0 Å². The van der Waals surface area contributed by atoms with E-state index in [-0.39, 0.29) is 11.9 Å². The number of unbranched alkanes of at least 4 members (excludes halogenated alkanes) is 1. The van der Waals surface area contributed by atoms with Gasteiger partial charge < -0.3 is 14.8 Å². The summed E-state index contributed by atoms with van der Waals surface area (Å²) >= 11 is 3.39. The van der Waals surface area contributed by atoms with Crippen molar-refractivity contribution in [1.29, 1.82) is 0 Å². The summed E-state index contributed by atoms with van der Waals surface area (Å²) in [6.07, 6.45) is 2.07. The molecule has 0 aliphatic carbocycles. The summed E-state index contributed by atoms with van der Waals surface area (Å²) in [5.41, 5.74) is 1.07. The molecule has 0 heterocycles. The molecule has 0 saturated heterocycles. The van der Waals surface area contributed by atoms with Crippen LogP contribution < -0.4 is 5.32 Å². The van der Waals surface area contributed by atoms with Crippen molar-refractivity contribution < 1.29 is 13.9 Å². The highest BCUT2D eigenvalue weighted by Crippen LogP contribution is 2.24. The third kappa shape index (κ3) is 6.79. The van der Waals surface area contributed by atoms with Crippen molar-refractivity contribution in [3.8, 4) is 0 Å². The van der Waals surface area contributed by atoms with Crippen molar-refractivity contribution in [3.63, 3.8) is 0 Å². The molecule has 114 valence electrons. The number of nitrogens with one attached hydrogen (secondary N) is 1. The monoisotopic (exact) mass is 347 g/mol. The minimum atomic E-state index is -0.221. The SMILES string of the molecule is COCCOCCCCNC(C)c1ccc(F)cc1Br. The summed E-state index contributed by atoms with van der Waals surface area (Å²) < 4.78 is 24.1. The maximum Gasteiger partial charge on any atom is 0.124 e. The predicted octanol–water partition coefficient (Wildman–Crippen LogP) is 3.68. The maximum atomic E-state index is 13.0. The third-order valence-electron chi connectivity index (χ3n) is 3.03. The van der Waals surface area contributed by atoms with Crippen molar-refractivity contribution in [2.24, 2.45) is 0 Å². The van der Waals surface area contributed by atoms with Crippen molar-refractivity contribution in [1.82, 2.24) is 5.32 Å². The first-order valence-electron chi connectivity index (χ1n) is 6.90. The fraction of sp³-hybridized carbons (Fsp3) is 0.600. The molecule has 0 amide bonds. The molecule has 0 fully saturated rings. The van der Waals surface area contributed by atoms with E-state index >= 15 is 0 Å². The van der Waals surface area contributed by atoms with Crippen molar-refractivity contribution in [3.05, 3.63) is 34.1 Å². The van der Waals surface area contributed by atoms with Gasteiger partial charge >= 0.3 is 0 Å². The molecule has 1 atom stereocenters. The van der Waals surface area contributed by atoms with Gasteiger partial charge in [0, 0.05) is 24.2 Å². The predicted molar refractivity (Wildman–Crippen MR) is 82.4 cm³/mol. The van der Waals surface area contributed by atoms with Crippen LogP contribution in [0.4, 0.5) is 4.39 Å². The van der Waals surface area contributed by atoms with Gasteiger partial charge in [0.2, 0.25) is 0 Å². The van der Waals surface area contributed by atoms with Crippen LogP contribution in [0.1, 0.15) is 31.4 Å². The molecule has 1 aromatic carbocycles. The van der Waals surface area contributed by atoms with Crippen molar-refractivity contribution >= 4 is 15.9 Å². The molecule has 20 heavy (non-hydrogen) atoms. The third-order valence-corrected chi connectivity index (χ3v) is 3.71. The molecule has 0 bridgehead atoms. The molecule has 1 aromatic rings. The van der Waals surface area contributed by atoms with Crippen molar-refractivity contribution in [2.45, 2.75) is 25.8 Å². The Morgan fingerprint density at radius 3 is 2.75 bits per heavy atom.